The summed E-state index contributed by atoms with van der Waals surface area (Å²) in [5.74, 6) is -0.408. The summed E-state index contributed by atoms with van der Waals surface area (Å²) in [7, 11) is 0. The highest BCUT2D eigenvalue weighted by Gasteiger charge is 2.75. The lowest BCUT2D eigenvalue weighted by atomic mass is 9.80. The van der Waals surface area contributed by atoms with Gasteiger partial charge in [0.15, 0.2) is 0 Å². The predicted molar refractivity (Wildman–Crippen MR) is 84.8 cm³/mol. The number of carboxylic acids is 1. The molecule has 23 heavy (non-hydrogen) atoms. The van der Waals surface area contributed by atoms with Crippen LogP contribution in [-0.4, -0.2) is 46.3 Å². The fourth-order valence-corrected chi connectivity index (χ4v) is 5.01. The van der Waals surface area contributed by atoms with Gasteiger partial charge in [-0.3, -0.25) is 4.79 Å². The zero-order chi connectivity index (χ0) is 17.2. The standard InChI is InChI=1S/C17H28N2O4/c1-10-5-11-6-16(8-17(16,9-18)13(20)21)7-12(10)19(11)14(22)23-15(2,3)4/h10-12H,5-9,18H2,1-4H3,(H,20,21)/t10-,11+,12-,16+,17-/m1/s1. The first-order valence-corrected chi connectivity index (χ1v) is 8.50. The lowest BCUT2D eigenvalue weighted by Crippen LogP contribution is -2.51. The van der Waals surface area contributed by atoms with Crippen LogP contribution in [0.15, 0.2) is 0 Å². The van der Waals surface area contributed by atoms with Gasteiger partial charge >= 0.3 is 12.1 Å². The molecule has 5 atom stereocenters. The number of carbonyl (C=O) groups is 2. The first-order valence-electron chi connectivity index (χ1n) is 8.50. The van der Waals surface area contributed by atoms with E-state index in [2.05, 4.69) is 6.92 Å². The van der Waals surface area contributed by atoms with Gasteiger partial charge in [-0.15, -0.1) is 0 Å². The number of amides is 1. The van der Waals surface area contributed by atoms with Crippen LogP contribution in [0.5, 0.6) is 0 Å². The second kappa shape index (κ2) is 4.85. The molecule has 2 heterocycles. The van der Waals surface area contributed by atoms with Crippen molar-refractivity contribution < 1.29 is 19.4 Å². The molecule has 0 aromatic carbocycles. The maximum Gasteiger partial charge on any atom is 0.410 e. The number of nitrogens with two attached hydrogens (primary N) is 1. The second-order valence-electron chi connectivity index (χ2n) is 8.78. The fraction of sp³-hybridized carbons (Fsp3) is 0.882. The van der Waals surface area contributed by atoms with Gasteiger partial charge in [0.1, 0.15) is 5.60 Å². The van der Waals surface area contributed by atoms with Crippen molar-refractivity contribution in [3.05, 3.63) is 0 Å². The van der Waals surface area contributed by atoms with Crippen molar-refractivity contribution in [2.24, 2.45) is 22.5 Å². The molecule has 2 aliphatic heterocycles. The third-order valence-electron chi connectivity index (χ3n) is 6.17. The largest absolute Gasteiger partial charge is 0.481 e. The van der Waals surface area contributed by atoms with Gasteiger partial charge in [-0.2, -0.15) is 0 Å². The molecule has 3 N–H and O–H groups in total. The number of aliphatic carboxylic acids is 1. The topological polar surface area (TPSA) is 92.9 Å². The SMILES string of the molecule is C[C@@H]1C[C@H]2C[C@]3(C[C@H]1N2C(=O)OC(C)(C)C)C[C@@]3(CN)C(=O)O. The van der Waals surface area contributed by atoms with Crippen LogP contribution in [0.25, 0.3) is 0 Å². The van der Waals surface area contributed by atoms with Crippen LogP contribution >= 0.6 is 0 Å². The molecule has 6 nitrogen and oxygen atoms in total. The summed E-state index contributed by atoms with van der Waals surface area (Å²) in [6.45, 7) is 7.93. The Bertz CT molecular complexity index is 543. The van der Waals surface area contributed by atoms with E-state index in [-0.39, 0.29) is 30.1 Å². The highest BCUT2D eigenvalue weighted by molar-refractivity contribution is 5.81. The number of ether oxygens (including phenoxy) is 1. The number of fused-ring (bicyclic) bond motifs is 2. The Kier molecular flexibility index (Phi) is 3.49. The lowest BCUT2D eigenvalue weighted by molar-refractivity contribution is -0.145. The summed E-state index contributed by atoms with van der Waals surface area (Å²) < 4.78 is 5.57. The van der Waals surface area contributed by atoms with Crippen LogP contribution in [0.3, 0.4) is 0 Å². The van der Waals surface area contributed by atoms with Gasteiger partial charge in [-0.05, 0) is 57.8 Å². The van der Waals surface area contributed by atoms with Crippen LogP contribution in [0.1, 0.15) is 53.4 Å². The van der Waals surface area contributed by atoms with Crippen molar-refractivity contribution in [2.75, 3.05) is 6.54 Å². The first kappa shape index (κ1) is 16.6. The Morgan fingerprint density at radius 3 is 2.43 bits per heavy atom. The zero-order valence-corrected chi connectivity index (χ0v) is 14.5. The van der Waals surface area contributed by atoms with E-state index in [0.717, 1.165) is 19.3 Å². The van der Waals surface area contributed by atoms with Crippen molar-refractivity contribution in [2.45, 2.75) is 71.1 Å². The molecule has 1 saturated carbocycles. The number of hydrogen-bond acceptors (Lipinski definition) is 4. The number of rotatable bonds is 2. The molecule has 6 heteroatoms. The quantitative estimate of drug-likeness (QED) is 0.812. The van der Waals surface area contributed by atoms with E-state index in [9.17, 15) is 14.7 Å². The smallest absolute Gasteiger partial charge is 0.410 e. The maximum atomic E-state index is 12.6. The van der Waals surface area contributed by atoms with Crippen LogP contribution < -0.4 is 5.73 Å². The van der Waals surface area contributed by atoms with E-state index < -0.39 is 17.0 Å². The molecule has 0 aromatic rings. The van der Waals surface area contributed by atoms with E-state index in [1.54, 1.807) is 0 Å². The van der Waals surface area contributed by atoms with Crippen molar-refractivity contribution in [3.63, 3.8) is 0 Å². The van der Waals surface area contributed by atoms with Gasteiger partial charge in [-0.1, -0.05) is 6.92 Å². The monoisotopic (exact) mass is 324 g/mol. The van der Waals surface area contributed by atoms with Crippen LogP contribution in [-0.2, 0) is 9.53 Å². The Hall–Kier alpha value is -1.30. The van der Waals surface area contributed by atoms with Gasteiger partial charge < -0.3 is 20.5 Å². The Morgan fingerprint density at radius 1 is 1.35 bits per heavy atom. The molecule has 2 saturated heterocycles. The average molecular weight is 324 g/mol. The van der Waals surface area contributed by atoms with Gasteiger partial charge in [0, 0.05) is 18.6 Å². The van der Waals surface area contributed by atoms with E-state index >= 15 is 0 Å². The Balaban J connectivity index is 1.81. The molecule has 0 radical (unpaired) electrons. The van der Waals surface area contributed by atoms with Gasteiger partial charge in [0.2, 0.25) is 0 Å². The van der Waals surface area contributed by atoms with Crippen LogP contribution in [0.2, 0.25) is 0 Å². The Labute approximate surface area is 137 Å². The molecule has 130 valence electrons. The van der Waals surface area contributed by atoms with Gasteiger partial charge in [0.05, 0.1) is 5.41 Å². The summed E-state index contributed by atoms with van der Waals surface area (Å²) in [6, 6.07) is 0.141. The minimum absolute atomic E-state index is 0.0661. The zero-order valence-electron chi connectivity index (χ0n) is 14.5. The average Bonchev–Trinajstić information content (AvgIpc) is 2.97. The number of carboxylic acid groups (broad SMARTS) is 1. The molecule has 1 spiro atoms. The molecule has 1 amide bonds. The molecule has 3 fully saturated rings. The van der Waals surface area contributed by atoms with Crippen LogP contribution in [0.4, 0.5) is 4.79 Å². The first-order chi connectivity index (χ1) is 10.6. The van der Waals surface area contributed by atoms with Crippen molar-refractivity contribution in [1.29, 1.82) is 0 Å². The predicted octanol–water partition coefficient (Wildman–Crippen LogP) is 2.21. The molecule has 1 aliphatic carbocycles. The second-order valence-corrected chi connectivity index (χ2v) is 8.78. The third-order valence-corrected chi connectivity index (χ3v) is 6.17. The summed E-state index contributed by atoms with van der Waals surface area (Å²) in [5, 5.41) is 9.62. The van der Waals surface area contributed by atoms with E-state index in [4.69, 9.17) is 10.5 Å². The summed E-state index contributed by atoms with van der Waals surface area (Å²) in [5.41, 5.74) is 4.28. The molecule has 0 aromatic heterocycles. The third kappa shape index (κ3) is 2.33. The highest BCUT2D eigenvalue weighted by atomic mass is 16.6. The molecule has 2 bridgehead atoms. The summed E-state index contributed by atoms with van der Waals surface area (Å²) in [4.78, 5) is 26.2. The number of piperidine rings is 1. The van der Waals surface area contributed by atoms with E-state index in [1.165, 1.54) is 0 Å². The molecule has 3 rings (SSSR count). The lowest BCUT2D eigenvalue weighted by Gasteiger charge is -2.41. The maximum absolute atomic E-state index is 12.6. The Morgan fingerprint density at radius 2 is 2.00 bits per heavy atom. The number of hydrogen-bond donors (Lipinski definition) is 2. The van der Waals surface area contributed by atoms with Gasteiger partial charge in [0.25, 0.3) is 0 Å². The van der Waals surface area contributed by atoms with Crippen molar-refractivity contribution in [3.8, 4) is 0 Å². The summed E-state index contributed by atoms with van der Waals surface area (Å²) in [6.07, 6.45) is 2.77. The highest BCUT2D eigenvalue weighted by Crippen LogP contribution is 2.72. The number of carbonyl (C=O) groups excluding carboxylic acids is 1. The minimum atomic E-state index is -0.784. The van der Waals surface area contributed by atoms with E-state index in [0.29, 0.717) is 12.3 Å². The van der Waals surface area contributed by atoms with Crippen molar-refractivity contribution >= 4 is 12.1 Å². The van der Waals surface area contributed by atoms with E-state index in [1.807, 2.05) is 25.7 Å². The summed E-state index contributed by atoms with van der Waals surface area (Å²) >= 11 is 0. The van der Waals surface area contributed by atoms with Gasteiger partial charge in [-0.25, -0.2) is 4.79 Å². The fourth-order valence-electron chi connectivity index (χ4n) is 5.01. The molecular formula is C17H28N2O4. The normalized spacial score (nSPS) is 42.0. The molecular weight excluding hydrogens is 296 g/mol. The van der Waals surface area contributed by atoms with Crippen LogP contribution in [0, 0.1) is 16.7 Å². The van der Waals surface area contributed by atoms with Crippen molar-refractivity contribution in [1.82, 2.24) is 4.90 Å². The minimum Gasteiger partial charge on any atom is -0.481 e. The molecule has 0 unspecified atom stereocenters. The molecule has 3 aliphatic rings. The number of nitrogens with zero attached hydrogens (tertiary/aromatic N) is 1.